The first-order chi connectivity index (χ1) is 11.2. The molecule has 2 N–H and O–H groups in total. The van der Waals surface area contributed by atoms with Gasteiger partial charge in [-0.25, -0.2) is 5.43 Å². The molecule has 2 aromatic carbocycles. The number of amides is 1. The molecule has 0 saturated carbocycles. The fourth-order valence-electron chi connectivity index (χ4n) is 1.91. The number of rotatable bonds is 7. The molecule has 0 fully saturated rings. The van der Waals surface area contributed by atoms with E-state index in [-0.39, 0.29) is 18.3 Å². The van der Waals surface area contributed by atoms with Gasteiger partial charge in [-0.3, -0.25) is 4.79 Å². The zero-order chi connectivity index (χ0) is 16.5. The Morgan fingerprint density at radius 2 is 2.00 bits per heavy atom. The molecule has 0 aliphatic rings. The lowest BCUT2D eigenvalue weighted by Crippen LogP contribution is -2.24. The van der Waals surface area contributed by atoms with Crippen LogP contribution in [0.25, 0.3) is 0 Å². The minimum absolute atomic E-state index is 0.130. The summed E-state index contributed by atoms with van der Waals surface area (Å²) in [5.41, 5.74) is 3.63. The van der Waals surface area contributed by atoms with E-state index < -0.39 is 0 Å². The molecule has 118 valence electrons. The van der Waals surface area contributed by atoms with Crippen LogP contribution in [0.4, 0.5) is 0 Å². The predicted molar refractivity (Wildman–Crippen MR) is 89.7 cm³/mol. The monoisotopic (exact) mass is 310 g/mol. The fourth-order valence-corrected chi connectivity index (χ4v) is 1.91. The van der Waals surface area contributed by atoms with Gasteiger partial charge in [0.25, 0.3) is 5.91 Å². The number of hydrogen-bond acceptors (Lipinski definition) is 4. The highest BCUT2D eigenvalue weighted by molar-refractivity contribution is 5.86. The maximum atomic E-state index is 11.6. The van der Waals surface area contributed by atoms with E-state index in [9.17, 15) is 9.90 Å². The zero-order valence-corrected chi connectivity index (χ0v) is 12.6. The van der Waals surface area contributed by atoms with E-state index in [0.29, 0.717) is 17.7 Å². The van der Waals surface area contributed by atoms with Crippen molar-refractivity contribution in [3.8, 4) is 11.5 Å². The molecule has 0 unspecified atom stereocenters. The third-order valence-corrected chi connectivity index (χ3v) is 3.02. The number of ether oxygens (including phenoxy) is 1. The van der Waals surface area contributed by atoms with Crippen molar-refractivity contribution in [2.45, 2.75) is 6.42 Å². The first kappa shape index (κ1) is 16.3. The van der Waals surface area contributed by atoms with Crippen molar-refractivity contribution in [1.82, 2.24) is 5.43 Å². The molecule has 23 heavy (non-hydrogen) atoms. The molecule has 1 amide bonds. The Morgan fingerprint density at radius 1 is 1.22 bits per heavy atom. The minimum atomic E-state index is -0.383. The molecule has 0 spiro atoms. The van der Waals surface area contributed by atoms with E-state index >= 15 is 0 Å². The maximum Gasteiger partial charge on any atom is 0.277 e. The molecular weight excluding hydrogens is 292 g/mol. The normalized spacial score (nSPS) is 10.4. The molecule has 0 atom stereocenters. The number of carbonyl (C=O) groups is 1. The van der Waals surface area contributed by atoms with Gasteiger partial charge >= 0.3 is 0 Å². The Morgan fingerprint density at radius 3 is 2.74 bits per heavy atom. The van der Waals surface area contributed by atoms with Crippen LogP contribution in [0.2, 0.25) is 0 Å². The molecule has 0 aliphatic carbocycles. The first-order valence-electron chi connectivity index (χ1n) is 7.12. The number of phenolic OH excluding ortho intramolecular Hbond substituents is 1. The molecule has 0 radical (unpaired) electrons. The smallest absolute Gasteiger partial charge is 0.277 e. The van der Waals surface area contributed by atoms with Crippen LogP contribution < -0.4 is 10.2 Å². The molecule has 0 saturated heterocycles. The third-order valence-electron chi connectivity index (χ3n) is 3.02. The van der Waals surface area contributed by atoms with Crippen LogP contribution in [-0.4, -0.2) is 23.8 Å². The third kappa shape index (κ3) is 5.00. The molecule has 0 aromatic heterocycles. The lowest BCUT2D eigenvalue weighted by Gasteiger charge is -2.05. The Balaban J connectivity index is 1.87. The van der Waals surface area contributed by atoms with Crippen LogP contribution >= 0.6 is 0 Å². The Hall–Kier alpha value is -3.08. The predicted octanol–water partition coefficient (Wildman–Crippen LogP) is 2.65. The van der Waals surface area contributed by atoms with E-state index in [1.165, 1.54) is 6.21 Å². The van der Waals surface area contributed by atoms with Crippen molar-refractivity contribution in [3.63, 3.8) is 0 Å². The summed E-state index contributed by atoms with van der Waals surface area (Å²) in [4.78, 5) is 11.6. The summed E-state index contributed by atoms with van der Waals surface area (Å²) in [7, 11) is 0. The van der Waals surface area contributed by atoms with Crippen molar-refractivity contribution >= 4 is 12.1 Å². The van der Waals surface area contributed by atoms with Gasteiger partial charge in [0.2, 0.25) is 0 Å². The number of nitrogens with one attached hydrogen (secondary N) is 1. The first-order valence-corrected chi connectivity index (χ1v) is 7.12. The number of hydrogen-bond donors (Lipinski definition) is 2. The van der Waals surface area contributed by atoms with Gasteiger partial charge in [0, 0.05) is 5.56 Å². The summed E-state index contributed by atoms with van der Waals surface area (Å²) in [6, 6.07) is 14.4. The second-order valence-electron chi connectivity index (χ2n) is 4.74. The van der Waals surface area contributed by atoms with Gasteiger partial charge < -0.3 is 9.84 Å². The van der Waals surface area contributed by atoms with E-state index in [2.05, 4.69) is 17.1 Å². The lowest BCUT2D eigenvalue weighted by atomic mass is 10.1. The lowest BCUT2D eigenvalue weighted by molar-refractivity contribution is -0.123. The number of phenols is 1. The largest absolute Gasteiger partial charge is 0.507 e. The summed E-state index contributed by atoms with van der Waals surface area (Å²) in [6.07, 6.45) is 3.66. The van der Waals surface area contributed by atoms with E-state index in [4.69, 9.17) is 4.74 Å². The Bertz CT molecular complexity index is 697. The highest BCUT2D eigenvalue weighted by Gasteiger charge is 2.04. The summed E-state index contributed by atoms with van der Waals surface area (Å²) >= 11 is 0. The standard InChI is InChI=1S/C18H18N2O3/c1-2-7-14-8-6-9-15(18(14)22)12-19-20-17(21)13-23-16-10-4-3-5-11-16/h2-6,8-12,22H,1,7,13H2,(H,20,21). The van der Waals surface area contributed by atoms with Crippen LogP contribution in [0.1, 0.15) is 11.1 Å². The summed E-state index contributed by atoms with van der Waals surface area (Å²) in [6.45, 7) is 3.51. The molecule has 2 rings (SSSR count). The van der Waals surface area contributed by atoms with Crippen LogP contribution in [0.15, 0.2) is 66.3 Å². The summed E-state index contributed by atoms with van der Waals surface area (Å²) < 4.78 is 5.30. The van der Waals surface area contributed by atoms with E-state index in [1.807, 2.05) is 18.2 Å². The average Bonchev–Trinajstić information content (AvgIpc) is 2.57. The van der Waals surface area contributed by atoms with Crippen molar-refractivity contribution in [1.29, 1.82) is 0 Å². The van der Waals surface area contributed by atoms with Crippen molar-refractivity contribution in [2.24, 2.45) is 5.10 Å². The highest BCUT2D eigenvalue weighted by atomic mass is 16.5. The number of benzene rings is 2. The average molecular weight is 310 g/mol. The molecule has 0 bridgehead atoms. The van der Waals surface area contributed by atoms with Crippen LogP contribution in [0, 0.1) is 0 Å². The van der Waals surface area contributed by atoms with Crippen molar-refractivity contribution < 1.29 is 14.6 Å². The highest BCUT2D eigenvalue weighted by Crippen LogP contribution is 2.21. The number of aromatic hydroxyl groups is 1. The number of carbonyl (C=O) groups excluding carboxylic acids is 1. The molecular formula is C18H18N2O3. The molecule has 0 heterocycles. The van der Waals surface area contributed by atoms with Crippen LogP contribution in [0.5, 0.6) is 11.5 Å². The second kappa shape index (κ2) is 8.38. The van der Waals surface area contributed by atoms with Gasteiger partial charge in [-0.05, 0) is 30.2 Å². The molecule has 0 aliphatic heterocycles. The van der Waals surface area contributed by atoms with Crippen LogP contribution in [0.3, 0.4) is 0 Å². The van der Waals surface area contributed by atoms with Gasteiger partial charge in [0.05, 0.1) is 6.21 Å². The Kier molecular flexibility index (Phi) is 5.94. The summed E-state index contributed by atoms with van der Waals surface area (Å²) in [5, 5.41) is 13.9. The van der Waals surface area contributed by atoms with Gasteiger partial charge in [-0.2, -0.15) is 5.10 Å². The fraction of sp³-hybridized carbons (Fsp3) is 0.111. The minimum Gasteiger partial charge on any atom is -0.507 e. The van der Waals surface area contributed by atoms with Gasteiger partial charge in [-0.1, -0.05) is 36.4 Å². The maximum absolute atomic E-state index is 11.6. The number of allylic oxidation sites excluding steroid dienone is 1. The SMILES string of the molecule is C=CCc1cccc(C=NNC(=O)COc2ccccc2)c1O. The topological polar surface area (TPSA) is 70.9 Å². The van der Waals surface area contributed by atoms with Crippen LogP contribution in [-0.2, 0) is 11.2 Å². The second-order valence-corrected chi connectivity index (χ2v) is 4.74. The van der Waals surface area contributed by atoms with Crippen molar-refractivity contribution in [2.75, 3.05) is 6.61 Å². The zero-order valence-electron chi connectivity index (χ0n) is 12.6. The molecule has 5 nitrogen and oxygen atoms in total. The molecule has 2 aromatic rings. The quantitative estimate of drug-likeness (QED) is 0.469. The van der Waals surface area contributed by atoms with E-state index in [1.54, 1.807) is 36.4 Å². The molecule has 5 heteroatoms. The number of para-hydroxylation sites is 2. The van der Waals surface area contributed by atoms with Gasteiger partial charge in [-0.15, -0.1) is 6.58 Å². The Labute approximate surface area is 134 Å². The van der Waals surface area contributed by atoms with Crippen molar-refractivity contribution in [3.05, 3.63) is 72.3 Å². The van der Waals surface area contributed by atoms with Gasteiger partial charge in [0.15, 0.2) is 6.61 Å². The van der Waals surface area contributed by atoms with E-state index in [0.717, 1.165) is 5.56 Å². The summed E-state index contributed by atoms with van der Waals surface area (Å²) in [5.74, 6) is 0.360. The number of hydrazone groups is 1. The van der Waals surface area contributed by atoms with Gasteiger partial charge in [0.1, 0.15) is 11.5 Å². The number of nitrogens with zero attached hydrogens (tertiary/aromatic N) is 1.